The topological polar surface area (TPSA) is 75.6 Å². The van der Waals surface area contributed by atoms with E-state index >= 15 is 0 Å². The summed E-state index contributed by atoms with van der Waals surface area (Å²) in [7, 11) is 0. The van der Waals surface area contributed by atoms with Crippen molar-refractivity contribution in [3.05, 3.63) is 34.6 Å². The maximum Gasteiger partial charge on any atom is 0.408 e. The summed E-state index contributed by atoms with van der Waals surface area (Å²) in [4.78, 5) is 22.6. The van der Waals surface area contributed by atoms with Crippen molar-refractivity contribution in [1.82, 2.24) is 5.32 Å². The van der Waals surface area contributed by atoms with Crippen LogP contribution in [0.3, 0.4) is 0 Å². The normalized spacial score (nSPS) is 12.7. The van der Waals surface area contributed by atoms with Crippen molar-refractivity contribution in [2.75, 3.05) is 0 Å². The molecule has 0 saturated carbocycles. The van der Waals surface area contributed by atoms with Gasteiger partial charge in [0.15, 0.2) is 23.3 Å². The fourth-order valence-electron chi connectivity index (χ4n) is 1.68. The second-order valence-electron chi connectivity index (χ2n) is 5.79. The number of halogens is 5. The highest BCUT2D eigenvalue weighted by atomic mass is 19.2. The zero-order valence-electron chi connectivity index (χ0n) is 12.8. The summed E-state index contributed by atoms with van der Waals surface area (Å²) in [5.41, 5.74) is -2.34. The van der Waals surface area contributed by atoms with E-state index in [0.29, 0.717) is 0 Å². The van der Waals surface area contributed by atoms with Crippen LogP contribution in [0, 0.1) is 29.1 Å². The first-order valence-electron chi connectivity index (χ1n) is 6.57. The highest BCUT2D eigenvalue weighted by Crippen LogP contribution is 2.24. The first-order valence-corrected chi connectivity index (χ1v) is 6.57. The highest BCUT2D eigenvalue weighted by Gasteiger charge is 2.31. The quantitative estimate of drug-likeness (QED) is 0.495. The molecule has 1 unspecified atom stereocenters. The Morgan fingerprint density at radius 3 is 1.79 bits per heavy atom. The Hall–Kier alpha value is -2.39. The lowest BCUT2D eigenvalue weighted by molar-refractivity contribution is -0.139. The average molecular weight is 355 g/mol. The molecule has 1 aromatic rings. The first-order chi connectivity index (χ1) is 10.8. The van der Waals surface area contributed by atoms with Crippen LogP contribution in [0.1, 0.15) is 26.3 Å². The molecule has 1 atom stereocenters. The lowest BCUT2D eigenvalue weighted by atomic mass is 10.0. The van der Waals surface area contributed by atoms with E-state index in [1.807, 2.05) is 0 Å². The van der Waals surface area contributed by atoms with E-state index in [1.54, 1.807) is 5.32 Å². The number of nitrogens with one attached hydrogen (secondary N) is 1. The van der Waals surface area contributed by atoms with Crippen molar-refractivity contribution in [2.24, 2.45) is 0 Å². The van der Waals surface area contributed by atoms with Gasteiger partial charge in [-0.15, -0.1) is 0 Å². The Morgan fingerprint density at radius 2 is 1.42 bits per heavy atom. The average Bonchev–Trinajstić information content (AvgIpc) is 2.44. The number of benzene rings is 1. The van der Waals surface area contributed by atoms with Crippen LogP contribution in [0.15, 0.2) is 0 Å². The molecule has 5 nitrogen and oxygen atoms in total. The molecule has 2 N–H and O–H groups in total. The van der Waals surface area contributed by atoms with Gasteiger partial charge < -0.3 is 15.2 Å². The van der Waals surface area contributed by atoms with Crippen molar-refractivity contribution in [2.45, 2.75) is 38.8 Å². The molecular formula is C14H14F5NO4. The number of carboxylic acids is 1. The number of ether oxygens (including phenoxy) is 1. The van der Waals surface area contributed by atoms with Crippen LogP contribution in [0.4, 0.5) is 26.7 Å². The van der Waals surface area contributed by atoms with Crippen molar-refractivity contribution in [3.8, 4) is 0 Å². The Balaban J connectivity index is 3.11. The summed E-state index contributed by atoms with van der Waals surface area (Å²) in [6.45, 7) is 4.44. The van der Waals surface area contributed by atoms with Crippen molar-refractivity contribution >= 4 is 12.1 Å². The monoisotopic (exact) mass is 355 g/mol. The number of alkyl carbamates (subject to hydrolysis) is 1. The van der Waals surface area contributed by atoms with Gasteiger partial charge >= 0.3 is 12.1 Å². The standard InChI is InChI=1S/C14H14F5NO4/c1-14(2,3)24-13(23)20-6(12(21)22)4-5-7(15)9(17)11(19)10(18)8(5)16/h6H,4H2,1-3H3,(H,20,23)(H,21,22). The fraction of sp³-hybridized carbons (Fsp3) is 0.429. The van der Waals surface area contributed by atoms with Crippen LogP contribution in [-0.2, 0) is 16.0 Å². The van der Waals surface area contributed by atoms with Crippen LogP contribution in [-0.4, -0.2) is 28.8 Å². The molecule has 0 saturated heterocycles. The summed E-state index contributed by atoms with van der Waals surface area (Å²) >= 11 is 0. The molecule has 0 bridgehead atoms. The molecule has 134 valence electrons. The van der Waals surface area contributed by atoms with Gasteiger partial charge in [-0.3, -0.25) is 0 Å². The van der Waals surface area contributed by atoms with Gasteiger partial charge in [0.05, 0.1) is 0 Å². The largest absolute Gasteiger partial charge is 0.480 e. The second-order valence-corrected chi connectivity index (χ2v) is 5.79. The zero-order chi connectivity index (χ0) is 18.8. The number of rotatable bonds is 4. The molecule has 1 amide bonds. The van der Waals surface area contributed by atoms with Gasteiger partial charge in [0.25, 0.3) is 0 Å². The molecule has 0 spiro atoms. The Kier molecular flexibility index (Phi) is 5.75. The minimum atomic E-state index is -2.36. The summed E-state index contributed by atoms with van der Waals surface area (Å²) < 4.78 is 71.1. The van der Waals surface area contributed by atoms with E-state index < -0.39 is 64.8 Å². The van der Waals surface area contributed by atoms with Gasteiger partial charge in [0, 0.05) is 12.0 Å². The molecular weight excluding hydrogens is 341 g/mol. The lowest BCUT2D eigenvalue weighted by Gasteiger charge is -2.22. The Bertz CT molecular complexity index is 643. The number of carbonyl (C=O) groups is 2. The number of hydrogen-bond donors (Lipinski definition) is 2. The van der Waals surface area contributed by atoms with Crippen LogP contribution in [0.2, 0.25) is 0 Å². The van der Waals surface area contributed by atoms with E-state index in [2.05, 4.69) is 0 Å². The smallest absolute Gasteiger partial charge is 0.408 e. The summed E-state index contributed by atoms with van der Waals surface area (Å²) in [6.07, 6.45) is -2.39. The molecule has 0 radical (unpaired) electrons. The van der Waals surface area contributed by atoms with Gasteiger partial charge in [0.2, 0.25) is 5.82 Å². The molecule has 0 heterocycles. The van der Waals surface area contributed by atoms with Crippen LogP contribution in [0.25, 0.3) is 0 Å². The molecule has 24 heavy (non-hydrogen) atoms. The third kappa shape index (κ3) is 4.56. The molecule has 0 aromatic heterocycles. The Morgan fingerprint density at radius 1 is 1.00 bits per heavy atom. The molecule has 0 aliphatic rings. The number of carboxylic acid groups (broad SMARTS) is 1. The molecule has 1 aromatic carbocycles. The summed E-state index contributed by atoms with van der Waals surface area (Å²) in [5, 5.41) is 10.8. The lowest BCUT2D eigenvalue weighted by Crippen LogP contribution is -2.45. The van der Waals surface area contributed by atoms with Crippen molar-refractivity contribution < 1.29 is 41.4 Å². The molecule has 0 fully saturated rings. The van der Waals surface area contributed by atoms with Gasteiger partial charge in [0.1, 0.15) is 11.6 Å². The molecule has 10 heteroatoms. The van der Waals surface area contributed by atoms with Gasteiger partial charge in [-0.05, 0) is 20.8 Å². The van der Waals surface area contributed by atoms with Crippen LogP contribution in [0.5, 0.6) is 0 Å². The predicted octanol–water partition coefficient (Wildman–Crippen LogP) is 2.90. The van der Waals surface area contributed by atoms with Crippen molar-refractivity contribution in [1.29, 1.82) is 0 Å². The van der Waals surface area contributed by atoms with E-state index in [0.717, 1.165) is 0 Å². The SMILES string of the molecule is CC(C)(C)OC(=O)NC(Cc1c(F)c(F)c(F)c(F)c1F)C(=O)O. The van der Waals surface area contributed by atoms with Crippen LogP contribution < -0.4 is 5.32 Å². The Labute approximate surface area is 133 Å². The fourth-order valence-corrected chi connectivity index (χ4v) is 1.68. The molecule has 0 aliphatic heterocycles. The van der Waals surface area contributed by atoms with E-state index in [-0.39, 0.29) is 0 Å². The third-order valence-corrected chi connectivity index (χ3v) is 2.70. The molecule has 1 rings (SSSR count). The maximum absolute atomic E-state index is 13.6. The van der Waals surface area contributed by atoms with Crippen molar-refractivity contribution in [3.63, 3.8) is 0 Å². The number of hydrogen-bond acceptors (Lipinski definition) is 3. The summed E-state index contributed by atoms with van der Waals surface area (Å²) in [6, 6.07) is -1.96. The van der Waals surface area contributed by atoms with E-state index in [4.69, 9.17) is 9.84 Å². The van der Waals surface area contributed by atoms with Gasteiger partial charge in [-0.25, -0.2) is 31.5 Å². The number of carbonyl (C=O) groups excluding carboxylic acids is 1. The predicted molar refractivity (Wildman–Crippen MR) is 70.7 cm³/mol. The summed E-state index contributed by atoms with van der Waals surface area (Å²) in [5.74, 6) is -12.8. The van der Waals surface area contributed by atoms with E-state index in [1.165, 1.54) is 20.8 Å². The van der Waals surface area contributed by atoms with Crippen LogP contribution >= 0.6 is 0 Å². The number of amides is 1. The maximum atomic E-state index is 13.6. The number of aliphatic carboxylic acids is 1. The third-order valence-electron chi connectivity index (χ3n) is 2.70. The zero-order valence-corrected chi connectivity index (χ0v) is 12.8. The second kappa shape index (κ2) is 7.02. The first kappa shape index (κ1) is 19.7. The van der Waals surface area contributed by atoms with Gasteiger partial charge in [-0.2, -0.15) is 0 Å². The minimum Gasteiger partial charge on any atom is -0.480 e. The molecule has 0 aliphatic carbocycles. The minimum absolute atomic E-state index is 0.988. The van der Waals surface area contributed by atoms with E-state index in [9.17, 15) is 31.5 Å². The van der Waals surface area contributed by atoms with Gasteiger partial charge in [-0.1, -0.05) is 0 Å². The highest BCUT2D eigenvalue weighted by molar-refractivity contribution is 5.80.